The molecule has 3 N–H and O–H groups in total. The summed E-state index contributed by atoms with van der Waals surface area (Å²) in [7, 11) is -4.61. The minimum Gasteiger partial charge on any atom is -0.379 e. The molecule has 0 aromatic heterocycles. The van der Waals surface area contributed by atoms with Gasteiger partial charge in [-0.15, -0.1) is 0 Å². The van der Waals surface area contributed by atoms with Crippen LogP contribution in [0.25, 0.3) is 0 Å². The minimum atomic E-state index is -4.61. The largest absolute Gasteiger partial charge is 0.423 e. The van der Waals surface area contributed by atoms with E-state index in [9.17, 15) is 0 Å². The van der Waals surface area contributed by atoms with Crippen LogP contribution in [0.5, 0.6) is 0 Å². The van der Waals surface area contributed by atoms with E-state index in [1.807, 2.05) is 0 Å². The van der Waals surface area contributed by atoms with E-state index in [0.29, 0.717) is 0 Å². The fourth-order valence-corrected chi connectivity index (χ4v) is 0.516. The molecule has 1 rings (SSSR count). The van der Waals surface area contributed by atoms with Gasteiger partial charge in [0.25, 0.3) is 0 Å². The smallest absolute Gasteiger partial charge is 0.379 e. The van der Waals surface area contributed by atoms with Gasteiger partial charge in [0, 0.05) is 13.1 Å². The highest BCUT2D eigenvalue weighted by atomic mass is 32.3. The first-order valence-corrected chi connectivity index (χ1v) is 4.51. The van der Waals surface area contributed by atoms with Gasteiger partial charge in [-0.1, -0.05) is 4.33 Å². The van der Waals surface area contributed by atoms with E-state index in [0.717, 1.165) is 26.3 Å². The first kappa shape index (κ1) is 11.8. The second-order valence-corrected chi connectivity index (χ2v) is 2.87. The zero-order chi connectivity index (χ0) is 9.45. The van der Waals surface area contributed by atoms with E-state index in [4.69, 9.17) is 23.0 Å². The average Bonchev–Trinajstić information content (AvgIpc) is 2.07. The van der Waals surface area contributed by atoms with Crippen molar-refractivity contribution in [2.45, 2.75) is 0 Å². The van der Waals surface area contributed by atoms with Crippen LogP contribution in [0.2, 0.25) is 0 Å². The Hall–Kier alpha value is -0.250. The van der Waals surface area contributed by atoms with Gasteiger partial charge in [0.2, 0.25) is 0 Å². The van der Waals surface area contributed by atoms with Crippen molar-refractivity contribution in [1.82, 2.24) is 5.32 Å². The first-order chi connectivity index (χ1) is 5.56. The van der Waals surface area contributed by atoms with Gasteiger partial charge in [0.1, 0.15) is 0 Å². The summed E-state index contributed by atoms with van der Waals surface area (Å²) in [6.45, 7) is 3.83. The predicted octanol–water partition coefficient (Wildman–Crippen LogP) is -1.11. The van der Waals surface area contributed by atoms with Crippen LogP contribution in [-0.2, 0) is 19.5 Å². The van der Waals surface area contributed by atoms with Crippen molar-refractivity contribution in [2.24, 2.45) is 0 Å². The minimum absolute atomic E-state index is 0.889. The highest BCUT2D eigenvalue weighted by Crippen LogP contribution is 1.76. The number of hydrogen-bond acceptors (Lipinski definition) is 6. The SMILES string of the molecule is C1COCCN1.O=S(=O)(O)OO. The van der Waals surface area contributed by atoms with Crippen molar-refractivity contribution in [2.75, 3.05) is 26.3 Å². The number of hydrogen-bond donors (Lipinski definition) is 3. The Morgan fingerprint density at radius 2 is 1.75 bits per heavy atom. The average molecular weight is 201 g/mol. The Morgan fingerprint density at radius 3 is 1.83 bits per heavy atom. The first-order valence-electron chi connectivity index (χ1n) is 3.15. The molecule has 0 aliphatic carbocycles. The van der Waals surface area contributed by atoms with Crippen molar-refractivity contribution >= 4 is 10.4 Å². The summed E-state index contributed by atoms with van der Waals surface area (Å²) in [5, 5.41) is 10.2. The summed E-state index contributed by atoms with van der Waals surface area (Å²) in [4.78, 5) is 0. The molecule has 0 bridgehead atoms. The summed E-state index contributed by atoms with van der Waals surface area (Å²) >= 11 is 0. The molecule has 0 aromatic carbocycles. The number of rotatable bonds is 1. The molecule has 8 heteroatoms. The van der Waals surface area contributed by atoms with Gasteiger partial charge in [-0.05, 0) is 0 Å². The Labute approximate surface area is 70.2 Å². The lowest BCUT2D eigenvalue weighted by atomic mass is 10.5. The van der Waals surface area contributed by atoms with Gasteiger partial charge in [0.15, 0.2) is 0 Å². The number of morpholine rings is 1. The van der Waals surface area contributed by atoms with E-state index in [1.165, 1.54) is 0 Å². The third-order valence-corrected chi connectivity index (χ3v) is 1.13. The molecule has 0 unspecified atom stereocenters. The molecule has 0 radical (unpaired) electrons. The zero-order valence-electron chi connectivity index (χ0n) is 6.26. The Morgan fingerprint density at radius 1 is 1.33 bits per heavy atom. The Bertz CT molecular complexity index is 174. The molecule has 0 atom stereocenters. The maximum Gasteiger partial charge on any atom is 0.423 e. The lowest BCUT2D eigenvalue weighted by Gasteiger charge is -2.10. The maximum absolute atomic E-state index is 9.08. The molecular weight excluding hydrogens is 190 g/mol. The lowest BCUT2D eigenvalue weighted by molar-refractivity contribution is -0.139. The third kappa shape index (κ3) is 9.75. The van der Waals surface area contributed by atoms with Crippen LogP contribution in [0.15, 0.2) is 0 Å². The molecule has 1 fully saturated rings. The molecule has 0 saturated carbocycles. The van der Waals surface area contributed by atoms with Gasteiger partial charge in [-0.25, -0.2) is 5.26 Å². The van der Waals surface area contributed by atoms with Gasteiger partial charge in [0.05, 0.1) is 13.2 Å². The molecule has 1 aliphatic rings. The fourth-order valence-electron chi connectivity index (χ4n) is 0.516. The molecule has 7 nitrogen and oxygen atoms in total. The maximum atomic E-state index is 9.08. The number of ether oxygens (including phenoxy) is 1. The van der Waals surface area contributed by atoms with Crippen LogP contribution in [-0.4, -0.2) is 44.5 Å². The topological polar surface area (TPSA) is 105 Å². The normalized spacial score (nSPS) is 17.8. The highest BCUT2D eigenvalue weighted by Gasteiger charge is 1.97. The summed E-state index contributed by atoms with van der Waals surface area (Å²) < 4.78 is 33.0. The van der Waals surface area contributed by atoms with Crippen LogP contribution < -0.4 is 5.32 Å². The van der Waals surface area contributed by atoms with Crippen LogP contribution in [0.3, 0.4) is 0 Å². The van der Waals surface area contributed by atoms with Crippen molar-refractivity contribution in [3.8, 4) is 0 Å². The molecule has 0 amide bonds. The van der Waals surface area contributed by atoms with Gasteiger partial charge in [-0.2, -0.15) is 8.42 Å². The van der Waals surface area contributed by atoms with Crippen molar-refractivity contribution < 1.29 is 27.3 Å². The van der Waals surface area contributed by atoms with Crippen molar-refractivity contribution in [3.05, 3.63) is 0 Å². The third-order valence-electron chi connectivity index (χ3n) is 0.941. The molecule has 1 heterocycles. The van der Waals surface area contributed by atoms with Crippen molar-refractivity contribution in [3.63, 3.8) is 0 Å². The molecule has 12 heavy (non-hydrogen) atoms. The van der Waals surface area contributed by atoms with Gasteiger partial charge >= 0.3 is 10.4 Å². The van der Waals surface area contributed by atoms with Crippen LogP contribution >= 0.6 is 0 Å². The second-order valence-electron chi connectivity index (χ2n) is 1.86. The standard InChI is InChI=1S/C4H9NO.H2O5S/c1-3-6-4-2-5-1;1-5-6(2,3)4/h5H,1-4H2;1H,(H,2,3,4). The summed E-state index contributed by atoms with van der Waals surface area (Å²) in [5.41, 5.74) is 0. The van der Waals surface area contributed by atoms with E-state index in [2.05, 4.69) is 9.65 Å². The monoisotopic (exact) mass is 201 g/mol. The molecule has 74 valence electrons. The van der Waals surface area contributed by atoms with Crippen LogP contribution in [0.1, 0.15) is 0 Å². The summed E-state index contributed by atoms with van der Waals surface area (Å²) in [5.74, 6) is 0. The predicted molar refractivity (Wildman–Crippen MR) is 39.0 cm³/mol. The van der Waals surface area contributed by atoms with Crippen molar-refractivity contribution in [1.29, 1.82) is 0 Å². The van der Waals surface area contributed by atoms with Crippen LogP contribution in [0, 0.1) is 0 Å². The van der Waals surface area contributed by atoms with E-state index < -0.39 is 10.4 Å². The highest BCUT2D eigenvalue weighted by molar-refractivity contribution is 7.80. The van der Waals surface area contributed by atoms with Gasteiger partial charge in [-0.3, -0.25) is 4.55 Å². The molecule has 1 saturated heterocycles. The fraction of sp³-hybridized carbons (Fsp3) is 1.00. The molecule has 1 aliphatic heterocycles. The molecular formula is C4H11NO6S. The second kappa shape index (κ2) is 6.29. The van der Waals surface area contributed by atoms with Gasteiger partial charge < -0.3 is 10.1 Å². The molecule has 0 spiro atoms. The Balaban J connectivity index is 0.000000202. The van der Waals surface area contributed by atoms with E-state index in [1.54, 1.807) is 0 Å². The Kier molecular flexibility index (Phi) is 6.16. The molecule has 0 aromatic rings. The van der Waals surface area contributed by atoms with Crippen LogP contribution in [0.4, 0.5) is 0 Å². The van der Waals surface area contributed by atoms with E-state index >= 15 is 0 Å². The summed E-state index contributed by atoms with van der Waals surface area (Å²) in [6.07, 6.45) is 0. The lowest BCUT2D eigenvalue weighted by Crippen LogP contribution is -2.30. The number of nitrogens with one attached hydrogen (secondary N) is 1. The zero-order valence-corrected chi connectivity index (χ0v) is 7.08. The van der Waals surface area contributed by atoms with E-state index in [-0.39, 0.29) is 0 Å². The summed E-state index contributed by atoms with van der Waals surface area (Å²) in [6, 6.07) is 0. The quantitative estimate of drug-likeness (QED) is 0.280.